The zero-order valence-electron chi connectivity index (χ0n) is 20.0. The van der Waals surface area contributed by atoms with E-state index in [0.717, 1.165) is 26.6 Å². The second-order valence-corrected chi connectivity index (χ2v) is 10.4. The summed E-state index contributed by atoms with van der Waals surface area (Å²) in [5.74, 6) is 0.244. The number of carbonyl (C=O) groups excluding carboxylic acids is 1. The Hall–Kier alpha value is -3.12. The minimum absolute atomic E-state index is 0.0551. The summed E-state index contributed by atoms with van der Waals surface area (Å²) in [6, 6.07) is 17.4. The number of rotatable bonds is 7. The molecule has 0 fully saturated rings. The summed E-state index contributed by atoms with van der Waals surface area (Å²) in [6.07, 6.45) is 0. The first kappa shape index (κ1) is 24.5. The molecule has 3 aromatic carbocycles. The molecule has 0 saturated heterocycles. The van der Waals surface area contributed by atoms with Gasteiger partial charge in [0.1, 0.15) is 5.75 Å². The average molecular weight is 466 g/mol. The van der Waals surface area contributed by atoms with Crippen molar-refractivity contribution in [1.82, 2.24) is 0 Å². The number of amides is 1. The van der Waals surface area contributed by atoms with Crippen LogP contribution in [0.15, 0.2) is 65.6 Å². The van der Waals surface area contributed by atoms with Crippen LogP contribution in [0.4, 0.5) is 5.69 Å². The molecule has 3 aromatic rings. The topological polar surface area (TPSA) is 63.7 Å². The van der Waals surface area contributed by atoms with E-state index in [1.807, 2.05) is 52.0 Å². The van der Waals surface area contributed by atoms with Crippen molar-refractivity contribution in [1.29, 1.82) is 0 Å². The molecule has 0 unspecified atom stereocenters. The molecule has 0 spiro atoms. The summed E-state index contributed by atoms with van der Waals surface area (Å²) in [5, 5.41) is 0. The maximum atomic E-state index is 13.6. The maximum absolute atomic E-state index is 13.6. The van der Waals surface area contributed by atoms with Gasteiger partial charge in [0.2, 0.25) is 0 Å². The number of nitrogens with zero attached hydrogens (tertiary/aromatic N) is 1. The molecule has 0 saturated carbocycles. The van der Waals surface area contributed by atoms with Crippen molar-refractivity contribution in [2.45, 2.75) is 52.4 Å². The van der Waals surface area contributed by atoms with Crippen LogP contribution in [0.5, 0.6) is 5.75 Å². The minimum atomic E-state index is -4.14. The number of ether oxygens (including phenoxy) is 1. The van der Waals surface area contributed by atoms with Crippen molar-refractivity contribution in [2.24, 2.45) is 0 Å². The lowest BCUT2D eigenvalue weighted by Crippen LogP contribution is -2.40. The molecular formula is C27H31NO4S. The second kappa shape index (κ2) is 9.79. The van der Waals surface area contributed by atoms with Crippen LogP contribution in [0.25, 0.3) is 0 Å². The Morgan fingerprint density at radius 2 is 1.58 bits per heavy atom. The second-order valence-electron chi connectivity index (χ2n) is 8.66. The Morgan fingerprint density at radius 3 is 2.18 bits per heavy atom. The van der Waals surface area contributed by atoms with Gasteiger partial charge in [0.15, 0.2) is 6.61 Å². The lowest BCUT2D eigenvalue weighted by atomic mass is 9.98. The van der Waals surface area contributed by atoms with Gasteiger partial charge in [-0.1, -0.05) is 49.7 Å². The molecule has 0 N–H and O–H groups in total. The lowest BCUT2D eigenvalue weighted by molar-refractivity contribution is -0.119. The summed E-state index contributed by atoms with van der Waals surface area (Å²) in [6.45, 7) is 11.4. The quantitative estimate of drug-likeness (QED) is 0.439. The predicted molar refractivity (Wildman–Crippen MR) is 133 cm³/mol. The zero-order valence-corrected chi connectivity index (χ0v) is 20.9. The van der Waals surface area contributed by atoms with Gasteiger partial charge in [-0.3, -0.25) is 4.79 Å². The van der Waals surface area contributed by atoms with Crippen LogP contribution in [0, 0.1) is 27.7 Å². The van der Waals surface area contributed by atoms with Gasteiger partial charge in [-0.25, -0.2) is 8.42 Å². The van der Waals surface area contributed by atoms with E-state index in [4.69, 9.17) is 4.74 Å². The van der Waals surface area contributed by atoms with Gasteiger partial charge in [-0.15, -0.1) is 0 Å². The SMILES string of the molecule is Cc1ccc(S(=O)(=O)N(C(=O)COc2ccc(C(C)C)c(C)c2)c2cccc(C)c2C)cc1. The number of sulfonamides is 1. The third kappa shape index (κ3) is 5.28. The van der Waals surface area contributed by atoms with Gasteiger partial charge in [-0.2, -0.15) is 4.31 Å². The van der Waals surface area contributed by atoms with Gasteiger partial charge < -0.3 is 4.74 Å². The Kier molecular flexibility index (Phi) is 7.28. The first-order chi connectivity index (χ1) is 15.5. The van der Waals surface area contributed by atoms with Crippen molar-refractivity contribution >= 4 is 21.6 Å². The number of benzene rings is 3. The number of aryl methyl sites for hydroxylation is 3. The summed E-state index contributed by atoms with van der Waals surface area (Å²) in [5.41, 5.74) is 5.14. The predicted octanol–water partition coefficient (Wildman–Crippen LogP) is 5.84. The lowest BCUT2D eigenvalue weighted by Gasteiger charge is -2.25. The van der Waals surface area contributed by atoms with Crippen molar-refractivity contribution < 1.29 is 17.9 Å². The summed E-state index contributed by atoms with van der Waals surface area (Å²) in [7, 11) is -4.14. The van der Waals surface area contributed by atoms with E-state index in [-0.39, 0.29) is 4.90 Å². The smallest absolute Gasteiger partial charge is 0.278 e. The normalized spacial score (nSPS) is 11.5. The summed E-state index contributed by atoms with van der Waals surface area (Å²) >= 11 is 0. The fourth-order valence-corrected chi connectivity index (χ4v) is 5.23. The summed E-state index contributed by atoms with van der Waals surface area (Å²) in [4.78, 5) is 13.4. The van der Waals surface area contributed by atoms with Crippen LogP contribution in [0.1, 0.15) is 47.6 Å². The van der Waals surface area contributed by atoms with Crippen LogP contribution in [0.2, 0.25) is 0 Å². The molecule has 3 rings (SSSR count). The van der Waals surface area contributed by atoms with Crippen molar-refractivity contribution in [3.05, 3.63) is 88.5 Å². The number of hydrogen-bond donors (Lipinski definition) is 0. The van der Waals surface area contributed by atoms with Gasteiger partial charge in [-0.05, 0) is 86.2 Å². The van der Waals surface area contributed by atoms with Crippen molar-refractivity contribution in [3.8, 4) is 5.75 Å². The Morgan fingerprint density at radius 1 is 0.909 bits per heavy atom. The number of carbonyl (C=O) groups is 1. The van der Waals surface area contributed by atoms with Gasteiger partial charge >= 0.3 is 0 Å². The standard InChI is InChI=1S/C27H31NO4S/c1-18(2)25-15-12-23(16-21(25)5)32-17-27(29)28(26-9-7-8-20(4)22(26)6)33(30,31)24-13-10-19(3)11-14-24/h7-16,18H,17H2,1-6H3. The molecule has 6 heteroatoms. The highest BCUT2D eigenvalue weighted by atomic mass is 32.2. The van der Waals surface area contributed by atoms with Crippen molar-refractivity contribution in [3.63, 3.8) is 0 Å². The molecule has 174 valence electrons. The fourth-order valence-electron chi connectivity index (χ4n) is 3.76. The highest BCUT2D eigenvalue weighted by molar-refractivity contribution is 7.93. The fraction of sp³-hybridized carbons (Fsp3) is 0.296. The molecule has 0 aliphatic rings. The molecule has 5 nitrogen and oxygen atoms in total. The monoisotopic (exact) mass is 465 g/mol. The molecule has 0 atom stereocenters. The van der Waals surface area contributed by atoms with E-state index in [9.17, 15) is 13.2 Å². The molecule has 0 aliphatic heterocycles. The minimum Gasteiger partial charge on any atom is -0.484 e. The third-order valence-electron chi connectivity index (χ3n) is 5.81. The van der Waals surface area contributed by atoms with E-state index in [1.165, 1.54) is 17.7 Å². The zero-order chi connectivity index (χ0) is 24.3. The van der Waals surface area contributed by atoms with E-state index in [1.54, 1.807) is 24.3 Å². The van der Waals surface area contributed by atoms with Gasteiger partial charge in [0.05, 0.1) is 10.6 Å². The van der Waals surface area contributed by atoms with Crippen LogP contribution in [-0.4, -0.2) is 20.9 Å². The van der Waals surface area contributed by atoms with Gasteiger partial charge in [0, 0.05) is 0 Å². The Balaban J connectivity index is 1.97. The van der Waals surface area contributed by atoms with Crippen LogP contribution >= 0.6 is 0 Å². The first-order valence-electron chi connectivity index (χ1n) is 11.0. The number of anilines is 1. The van der Waals surface area contributed by atoms with Crippen LogP contribution in [-0.2, 0) is 14.8 Å². The van der Waals surface area contributed by atoms with E-state index in [2.05, 4.69) is 13.8 Å². The highest BCUT2D eigenvalue weighted by Gasteiger charge is 2.32. The largest absolute Gasteiger partial charge is 0.484 e. The van der Waals surface area contributed by atoms with Crippen LogP contribution < -0.4 is 9.04 Å². The summed E-state index contributed by atoms with van der Waals surface area (Å²) < 4.78 is 33.8. The maximum Gasteiger partial charge on any atom is 0.278 e. The highest BCUT2D eigenvalue weighted by Crippen LogP contribution is 2.30. The van der Waals surface area contributed by atoms with E-state index >= 15 is 0 Å². The number of hydrogen-bond acceptors (Lipinski definition) is 4. The molecule has 0 radical (unpaired) electrons. The van der Waals surface area contributed by atoms with E-state index in [0.29, 0.717) is 17.4 Å². The molecular weight excluding hydrogens is 434 g/mol. The Bertz CT molecular complexity index is 1260. The van der Waals surface area contributed by atoms with Gasteiger partial charge in [0.25, 0.3) is 15.9 Å². The third-order valence-corrected chi connectivity index (χ3v) is 7.56. The average Bonchev–Trinajstić information content (AvgIpc) is 2.75. The molecule has 0 bridgehead atoms. The Labute approximate surface area is 197 Å². The molecule has 0 heterocycles. The molecule has 33 heavy (non-hydrogen) atoms. The van der Waals surface area contributed by atoms with Crippen molar-refractivity contribution in [2.75, 3.05) is 10.9 Å². The van der Waals surface area contributed by atoms with E-state index < -0.39 is 22.5 Å². The molecule has 0 aromatic heterocycles. The molecule has 0 aliphatic carbocycles. The molecule has 1 amide bonds. The first-order valence-corrected chi connectivity index (χ1v) is 12.4. The van der Waals surface area contributed by atoms with Crippen LogP contribution in [0.3, 0.4) is 0 Å².